The van der Waals surface area contributed by atoms with Gasteiger partial charge in [-0.25, -0.2) is 0 Å². The molecule has 1 aliphatic rings. The molecule has 0 aromatic heterocycles. The molecule has 0 unspecified atom stereocenters. The van der Waals surface area contributed by atoms with Crippen LogP contribution in [0.4, 0.5) is 0 Å². The van der Waals surface area contributed by atoms with Crippen molar-refractivity contribution >= 4 is 46.6 Å². The second kappa shape index (κ2) is 7.34. The van der Waals surface area contributed by atoms with E-state index in [-0.39, 0.29) is 23.7 Å². The zero-order valence-corrected chi connectivity index (χ0v) is 13.5. The van der Waals surface area contributed by atoms with Crippen molar-refractivity contribution < 1.29 is 9.59 Å². The Bertz CT molecular complexity index is 543. The topological polar surface area (TPSA) is 49.4 Å². The molecule has 1 fully saturated rings. The first-order chi connectivity index (χ1) is 10.0. The molecule has 1 heterocycles. The molecule has 1 aromatic rings. The van der Waals surface area contributed by atoms with E-state index in [1.54, 1.807) is 23.1 Å². The quantitative estimate of drug-likeness (QED) is 0.853. The van der Waals surface area contributed by atoms with Crippen molar-refractivity contribution in [2.24, 2.45) is 0 Å². The summed E-state index contributed by atoms with van der Waals surface area (Å²) in [5, 5.41) is 3.70. The lowest BCUT2D eigenvalue weighted by Crippen LogP contribution is -2.46. The number of hydrogen-bond donors (Lipinski definition) is 1. The second-order valence-electron chi connectivity index (χ2n) is 4.89. The van der Waals surface area contributed by atoms with E-state index in [0.717, 1.165) is 0 Å². The number of halogens is 3. The van der Waals surface area contributed by atoms with Gasteiger partial charge in [0.25, 0.3) is 5.91 Å². The van der Waals surface area contributed by atoms with E-state index in [4.69, 9.17) is 34.8 Å². The Morgan fingerprint density at radius 3 is 2.52 bits per heavy atom. The van der Waals surface area contributed by atoms with Crippen molar-refractivity contribution in [3.05, 3.63) is 33.8 Å². The number of hydrogen-bond acceptors (Lipinski definition) is 2. The van der Waals surface area contributed by atoms with E-state index < -0.39 is 0 Å². The monoisotopic (exact) mass is 348 g/mol. The smallest absolute Gasteiger partial charge is 0.255 e. The predicted molar refractivity (Wildman–Crippen MR) is 84.3 cm³/mol. The third kappa shape index (κ3) is 4.25. The number of nitrogens with zero attached hydrogens (tertiary/aromatic N) is 1. The zero-order valence-electron chi connectivity index (χ0n) is 11.2. The third-order valence-electron chi connectivity index (χ3n) is 3.43. The van der Waals surface area contributed by atoms with Crippen molar-refractivity contribution in [1.82, 2.24) is 10.2 Å². The first kappa shape index (κ1) is 16.4. The maximum Gasteiger partial charge on any atom is 0.255 e. The summed E-state index contributed by atoms with van der Waals surface area (Å²) < 4.78 is 0. The third-order valence-corrected chi connectivity index (χ3v) is 4.23. The Balaban J connectivity index is 1.97. The van der Waals surface area contributed by atoms with Crippen LogP contribution in [0.3, 0.4) is 0 Å². The van der Waals surface area contributed by atoms with Crippen LogP contribution in [-0.2, 0) is 4.79 Å². The molecule has 0 radical (unpaired) electrons. The lowest BCUT2D eigenvalue weighted by Gasteiger charge is -2.32. The predicted octanol–water partition coefficient (Wildman–Crippen LogP) is 2.95. The van der Waals surface area contributed by atoms with Gasteiger partial charge in [-0.3, -0.25) is 9.59 Å². The summed E-state index contributed by atoms with van der Waals surface area (Å²) in [6.45, 7) is 1.13. The number of carbonyl (C=O) groups excluding carboxylic acids is 2. The molecule has 0 spiro atoms. The molecule has 7 heteroatoms. The van der Waals surface area contributed by atoms with Crippen LogP contribution in [0.15, 0.2) is 18.2 Å². The summed E-state index contributed by atoms with van der Waals surface area (Å²) in [5.74, 6) is -0.360. The Morgan fingerprint density at radius 2 is 1.90 bits per heavy atom. The molecule has 0 atom stereocenters. The van der Waals surface area contributed by atoms with Gasteiger partial charge in [0.2, 0.25) is 5.91 Å². The van der Waals surface area contributed by atoms with Gasteiger partial charge in [0, 0.05) is 24.2 Å². The van der Waals surface area contributed by atoms with Gasteiger partial charge in [0.15, 0.2) is 0 Å². The van der Waals surface area contributed by atoms with E-state index in [1.165, 1.54) is 0 Å². The number of benzene rings is 1. The molecular weight excluding hydrogens is 335 g/mol. The molecule has 1 aliphatic heterocycles. The maximum absolute atomic E-state index is 12.4. The number of piperidine rings is 1. The molecule has 2 rings (SSSR count). The fraction of sp³-hybridized carbons (Fsp3) is 0.429. The van der Waals surface area contributed by atoms with Gasteiger partial charge in [-0.05, 0) is 31.0 Å². The molecule has 21 heavy (non-hydrogen) atoms. The van der Waals surface area contributed by atoms with Gasteiger partial charge in [0.05, 0.1) is 10.6 Å². The van der Waals surface area contributed by atoms with Crippen LogP contribution in [0.25, 0.3) is 0 Å². The van der Waals surface area contributed by atoms with Crippen LogP contribution in [-0.4, -0.2) is 41.7 Å². The SMILES string of the molecule is O=C(CCl)NC1CCN(C(=O)c2cc(Cl)ccc2Cl)CC1. The maximum atomic E-state index is 12.4. The van der Waals surface area contributed by atoms with E-state index in [0.29, 0.717) is 41.5 Å². The molecule has 0 saturated carbocycles. The molecule has 1 saturated heterocycles. The molecule has 114 valence electrons. The van der Waals surface area contributed by atoms with Crippen LogP contribution in [0.5, 0.6) is 0 Å². The highest BCUT2D eigenvalue weighted by molar-refractivity contribution is 6.35. The normalized spacial score (nSPS) is 15.9. The Kier molecular flexibility index (Phi) is 5.73. The number of rotatable bonds is 3. The van der Waals surface area contributed by atoms with Crippen LogP contribution < -0.4 is 5.32 Å². The summed E-state index contributed by atoms with van der Waals surface area (Å²) in [5.41, 5.74) is 0.410. The first-order valence-corrected chi connectivity index (χ1v) is 7.90. The highest BCUT2D eigenvalue weighted by Crippen LogP contribution is 2.23. The van der Waals surface area contributed by atoms with E-state index in [1.807, 2.05) is 0 Å². The van der Waals surface area contributed by atoms with Gasteiger partial charge in [-0.15, -0.1) is 11.6 Å². The van der Waals surface area contributed by atoms with Gasteiger partial charge < -0.3 is 10.2 Å². The van der Waals surface area contributed by atoms with Crippen molar-refractivity contribution in [3.63, 3.8) is 0 Å². The summed E-state index contributed by atoms with van der Waals surface area (Å²) in [4.78, 5) is 25.4. The Morgan fingerprint density at radius 1 is 1.24 bits per heavy atom. The summed E-state index contributed by atoms with van der Waals surface area (Å²) in [7, 11) is 0. The van der Waals surface area contributed by atoms with Crippen LogP contribution in [0, 0.1) is 0 Å². The molecule has 4 nitrogen and oxygen atoms in total. The molecule has 1 N–H and O–H groups in total. The van der Waals surface area contributed by atoms with Crippen molar-refractivity contribution in [2.75, 3.05) is 19.0 Å². The fourth-order valence-electron chi connectivity index (χ4n) is 2.32. The average molecular weight is 350 g/mol. The number of alkyl halides is 1. The minimum absolute atomic E-state index is 0.0444. The summed E-state index contributed by atoms with van der Waals surface area (Å²) in [6.07, 6.45) is 1.40. The number of likely N-dealkylation sites (tertiary alicyclic amines) is 1. The summed E-state index contributed by atoms with van der Waals surface area (Å²) >= 11 is 17.4. The largest absolute Gasteiger partial charge is 0.352 e. The second-order valence-corrected chi connectivity index (χ2v) is 6.00. The van der Waals surface area contributed by atoms with Gasteiger partial charge >= 0.3 is 0 Å². The van der Waals surface area contributed by atoms with Crippen molar-refractivity contribution in [3.8, 4) is 0 Å². The Labute approximate surface area is 138 Å². The number of carbonyl (C=O) groups is 2. The van der Waals surface area contributed by atoms with Gasteiger partial charge in [-0.1, -0.05) is 23.2 Å². The van der Waals surface area contributed by atoms with Gasteiger partial charge in [0.1, 0.15) is 5.88 Å². The zero-order chi connectivity index (χ0) is 15.4. The standard InChI is InChI=1S/C14H15Cl3N2O2/c15-8-13(20)18-10-3-5-19(6-4-10)14(21)11-7-9(16)1-2-12(11)17/h1-2,7,10H,3-6,8H2,(H,18,20). The van der Waals surface area contributed by atoms with E-state index >= 15 is 0 Å². The highest BCUT2D eigenvalue weighted by atomic mass is 35.5. The molecular formula is C14H15Cl3N2O2. The van der Waals surface area contributed by atoms with Crippen LogP contribution >= 0.6 is 34.8 Å². The van der Waals surface area contributed by atoms with Crippen molar-refractivity contribution in [1.29, 1.82) is 0 Å². The minimum atomic E-state index is -0.181. The molecule has 1 aromatic carbocycles. The fourth-order valence-corrected chi connectivity index (χ4v) is 2.77. The van der Waals surface area contributed by atoms with E-state index in [9.17, 15) is 9.59 Å². The number of nitrogens with one attached hydrogen (secondary N) is 1. The summed E-state index contributed by atoms with van der Waals surface area (Å²) in [6, 6.07) is 4.90. The molecule has 2 amide bonds. The minimum Gasteiger partial charge on any atom is -0.352 e. The van der Waals surface area contributed by atoms with Gasteiger partial charge in [-0.2, -0.15) is 0 Å². The lowest BCUT2D eigenvalue weighted by atomic mass is 10.0. The average Bonchev–Trinajstić information content (AvgIpc) is 2.49. The molecule has 0 aliphatic carbocycles. The van der Waals surface area contributed by atoms with Crippen LogP contribution in [0.2, 0.25) is 10.0 Å². The lowest BCUT2D eigenvalue weighted by molar-refractivity contribution is -0.119. The first-order valence-electron chi connectivity index (χ1n) is 6.61. The van der Waals surface area contributed by atoms with E-state index in [2.05, 4.69) is 5.32 Å². The Hall–Kier alpha value is -0.970. The number of amides is 2. The van der Waals surface area contributed by atoms with Crippen LogP contribution in [0.1, 0.15) is 23.2 Å². The highest BCUT2D eigenvalue weighted by Gasteiger charge is 2.25. The van der Waals surface area contributed by atoms with Crippen molar-refractivity contribution in [2.45, 2.75) is 18.9 Å². The molecule has 0 bridgehead atoms.